The SMILES string of the molecule is CNC(=O)C1(C)CCN(C(=O)CCCCCl)C1. The summed E-state index contributed by atoms with van der Waals surface area (Å²) in [7, 11) is 1.64. The summed E-state index contributed by atoms with van der Waals surface area (Å²) in [5.74, 6) is 0.764. The lowest BCUT2D eigenvalue weighted by atomic mass is 9.89. The second-order valence-electron chi connectivity index (χ2n) is 4.85. The Morgan fingerprint density at radius 1 is 1.41 bits per heavy atom. The van der Waals surface area contributed by atoms with Crippen LogP contribution in [0.4, 0.5) is 0 Å². The molecule has 1 unspecified atom stereocenters. The Bertz CT molecular complexity index is 296. The fraction of sp³-hybridized carbons (Fsp3) is 0.833. The summed E-state index contributed by atoms with van der Waals surface area (Å²) in [6, 6.07) is 0. The lowest BCUT2D eigenvalue weighted by molar-refractivity contribution is -0.132. The van der Waals surface area contributed by atoms with Crippen LogP contribution in [0.3, 0.4) is 0 Å². The Hall–Kier alpha value is -0.770. The van der Waals surface area contributed by atoms with Crippen LogP contribution in [0.2, 0.25) is 0 Å². The first-order valence-corrected chi connectivity index (χ1v) is 6.63. The van der Waals surface area contributed by atoms with Crippen LogP contribution in [0.15, 0.2) is 0 Å². The minimum Gasteiger partial charge on any atom is -0.359 e. The maximum absolute atomic E-state index is 11.9. The minimum absolute atomic E-state index is 0.0218. The number of hydrogen-bond acceptors (Lipinski definition) is 2. The number of hydrogen-bond donors (Lipinski definition) is 1. The fourth-order valence-electron chi connectivity index (χ4n) is 2.19. The number of unbranched alkanes of at least 4 members (excludes halogenated alkanes) is 1. The highest BCUT2D eigenvalue weighted by atomic mass is 35.5. The molecule has 1 N–H and O–H groups in total. The molecule has 1 rings (SSSR count). The monoisotopic (exact) mass is 260 g/mol. The van der Waals surface area contributed by atoms with Gasteiger partial charge in [-0.1, -0.05) is 0 Å². The summed E-state index contributed by atoms with van der Waals surface area (Å²) < 4.78 is 0. The van der Waals surface area contributed by atoms with Crippen LogP contribution >= 0.6 is 11.6 Å². The van der Waals surface area contributed by atoms with Crippen molar-refractivity contribution in [2.75, 3.05) is 26.0 Å². The molecular formula is C12H21ClN2O2. The molecule has 5 heteroatoms. The van der Waals surface area contributed by atoms with Crippen molar-refractivity contribution in [3.8, 4) is 0 Å². The quantitative estimate of drug-likeness (QED) is 0.600. The van der Waals surface area contributed by atoms with Gasteiger partial charge in [0.05, 0.1) is 5.41 Å². The topological polar surface area (TPSA) is 49.4 Å². The molecule has 1 aliphatic heterocycles. The Morgan fingerprint density at radius 2 is 2.12 bits per heavy atom. The molecule has 1 heterocycles. The predicted molar refractivity (Wildman–Crippen MR) is 67.9 cm³/mol. The van der Waals surface area contributed by atoms with E-state index in [1.807, 2.05) is 6.92 Å². The lowest BCUT2D eigenvalue weighted by Gasteiger charge is -2.22. The number of rotatable bonds is 5. The highest BCUT2D eigenvalue weighted by Crippen LogP contribution is 2.30. The van der Waals surface area contributed by atoms with Gasteiger partial charge in [0.25, 0.3) is 0 Å². The van der Waals surface area contributed by atoms with Gasteiger partial charge in [-0.15, -0.1) is 11.6 Å². The number of alkyl halides is 1. The van der Waals surface area contributed by atoms with Gasteiger partial charge >= 0.3 is 0 Å². The van der Waals surface area contributed by atoms with Crippen molar-refractivity contribution in [2.24, 2.45) is 5.41 Å². The maximum Gasteiger partial charge on any atom is 0.227 e. The highest BCUT2D eigenvalue weighted by molar-refractivity contribution is 6.17. The van der Waals surface area contributed by atoms with Gasteiger partial charge < -0.3 is 10.2 Å². The number of halogens is 1. The minimum atomic E-state index is -0.420. The molecule has 1 atom stereocenters. The van der Waals surface area contributed by atoms with Gasteiger partial charge in [-0.2, -0.15) is 0 Å². The van der Waals surface area contributed by atoms with Crippen LogP contribution in [-0.4, -0.2) is 42.7 Å². The zero-order valence-electron chi connectivity index (χ0n) is 10.6. The number of carbonyl (C=O) groups is 2. The molecule has 0 aromatic heterocycles. The van der Waals surface area contributed by atoms with E-state index in [-0.39, 0.29) is 11.8 Å². The van der Waals surface area contributed by atoms with Crippen molar-refractivity contribution in [2.45, 2.75) is 32.6 Å². The van der Waals surface area contributed by atoms with E-state index in [9.17, 15) is 9.59 Å². The van der Waals surface area contributed by atoms with Gasteiger partial charge in [-0.3, -0.25) is 9.59 Å². The first-order valence-electron chi connectivity index (χ1n) is 6.09. The van der Waals surface area contributed by atoms with Gasteiger partial charge in [-0.05, 0) is 26.2 Å². The van der Waals surface area contributed by atoms with Crippen LogP contribution in [0.1, 0.15) is 32.6 Å². The van der Waals surface area contributed by atoms with Crippen LogP contribution < -0.4 is 5.32 Å². The van der Waals surface area contributed by atoms with E-state index in [0.717, 1.165) is 19.3 Å². The van der Waals surface area contributed by atoms with E-state index < -0.39 is 5.41 Å². The molecule has 0 aromatic carbocycles. The van der Waals surface area contributed by atoms with E-state index in [4.69, 9.17) is 11.6 Å². The second-order valence-corrected chi connectivity index (χ2v) is 5.23. The van der Waals surface area contributed by atoms with Crippen LogP contribution in [0.25, 0.3) is 0 Å². The van der Waals surface area contributed by atoms with E-state index >= 15 is 0 Å². The van der Waals surface area contributed by atoms with E-state index in [1.54, 1.807) is 11.9 Å². The molecule has 2 amide bonds. The summed E-state index contributed by atoms with van der Waals surface area (Å²) in [6.45, 7) is 3.13. The number of carbonyl (C=O) groups excluding carboxylic acids is 2. The summed E-state index contributed by atoms with van der Waals surface area (Å²) in [4.78, 5) is 25.4. The molecule has 0 spiro atoms. The van der Waals surface area contributed by atoms with Crippen molar-refractivity contribution < 1.29 is 9.59 Å². The molecule has 1 aliphatic rings. The van der Waals surface area contributed by atoms with E-state index in [2.05, 4.69) is 5.32 Å². The van der Waals surface area contributed by atoms with E-state index in [0.29, 0.717) is 25.4 Å². The summed E-state index contributed by atoms with van der Waals surface area (Å²) in [5.41, 5.74) is -0.420. The summed E-state index contributed by atoms with van der Waals surface area (Å²) >= 11 is 5.57. The van der Waals surface area contributed by atoms with Crippen molar-refractivity contribution in [3.05, 3.63) is 0 Å². The Morgan fingerprint density at radius 3 is 2.71 bits per heavy atom. The molecule has 0 aromatic rings. The van der Waals surface area contributed by atoms with Gasteiger partial charge in [0, 0.05) is 32.4 Å². The third kappa shape index (κ3) is 3.60. The maximum atomic E-state index is 11.9. The average molecular weight is 261 g/mol. The Balaban J connectivity index is 2.44. The Kier molecular flexibility index (Phi) is 5.25. The first-order chi connectivity index (χ1) is 8.03. The standard InChI is InChI=1S/C12H21ClN2O2/c1-12(11(17)14-2)6-8-15(9-12)10(16)5-3-4-7-13/h3-9H2,1-2H3,(H,14,17). The molecular weight excluding hydrogens is 240 g/mol. The number of amides is 2. The molecule has 0 radical (unpaired) electrons. The van der Waals surface area contributed by atoms with Crippen LogP contribution in [0, 0.1) is 5.41 Å². The highest BCUT2D eigenvalue weighted by Gasteiger charge is 2.41. The number of nitrogens with one attached hydrogen (secondary N) is 1. The van der Waals surface area contributed by atoms with Crippen molar-refractivity contribution >= 4 is 23.4 Å². The third-order valence-corrected chi connectivity index (χ3v) is 3.64. The molecule has 98 valence electrons. The van der Waals surface area contributed by atoms with Crippen molar-refractivity contribution in [3.63, 3.8) is 0 Å². The van der Waals surface area contributed by atoms with Crippen LogP contribution in [0.5, 0.6) is 0 Å². The predicted octanol–water partition coefficient (Wildman–Crippen LogP) is 1.38. The van der Waals surface area contributed by atoms with E-state index in [1.165, 1.54) is 0 Å². The van der Waals surface area contributed by atoms with Crippen molar-refractivity contribution in [1.29, 1.82) is 0 Å². The average Bonchev–Trinajstić information content (AvgIpc) is 2.72. The third-order valence-electron chi connectivity index (χ3n) is 3.38. The van der Waals surface area contributed by atoms with Crippen LogP contribution in [-0.2, 0) is 9.59 Å². The lowest BCUT2D eigenvalue weighted by Crippen LogP contribution is -2.40. The summed E-state index contributed by atoms with van der Waals surface area (Å²) in [6.07, 6.45) is 2.98. The number of nitrogens with zero attached hydrogens (tertiary/aromatic N) is 1. The molecule has 4 nitrogen and oxygen atoms in total. The van der Waals surface area contributed by atoms with Gasteiger partial charge in [0.2, 0.25) is 11.8 Å². The molecule has 0 saturated carbocycles. The zero-order valence-corrected chi connectivity index (χ0v) is 11.3. The van der Waals surface area contributed by atoms with Gasteiger partial charge in [0.15, 0.2) is 0 Å². The molecule has 1 fully saturated rings. The molecule has 1 saturated heterocycles. The smallest absolute Gasteiger partial charge is 0.227 e. The second kappa shape index (κ2) is 6.24. The molecule has 0 aliphatic carbocycles. The zero-order chi connectivity index (χ0) is 12.9. The van der Waals surface area contributed by atoms with Crippen molar-refractivity contribution in [1.82, 2.24) is 10.2 Å². The largest absolute Gasteiger partial charge is 0.359 e. The van der Waals surface area contributed by atoms with Gasteiger partial charge in [0.1, 0.15) is 0 Å². The molecule has 17 heavy (non-hydrogen) atoms. The first kappa shape index (κ1) is 14.3. The Labute approximate surface area is 108 Å². The molecule has 0 bridgehead atoms. The normalized spacial score (nSPS) is 23.8. The fourth-order valence-corrected chi connectivity index (χ4v) is 2.38. The summed E-state index contributed by atoms with van der Waals surface area (Å²) in [5, 5.41) is 2.66. The van der Waals surface area contributed by atoms with Gasteiger partial charge in [-0.25, -0.2) is 0 Å². The number of likely N-dealkylation sites (tertiary alicyclic amines) is 1.